The second-order valence-electron chi connectivity index (χ2n) is 5.50. The Morgan fingerprint density at radius 3 is 3.06 bits per heavy atom. The fourth-order valence-corrected chi connectivity index (χ4v) is 4.04. The van der Waals surface area contributed by atoms with Gasteiger partial charge in [0.2, 0.25) is 5.91 Å². The lowest BCUT2D eigenvalue weighted by atomic mass is 9.66. The summed E-state index contributed by atoms with van der Waals surface area (Å²) >= 11 is 0. The van der Waals surface area contributed by atoms with Gasteiger partial charge in [-0.2, -0.15) is 0 Å². The summed E-state index contributed by atoms with van der Waals surface area (Å²) in [7, 11) is 1.58. The zero-order chi connectivity index (χ0) is 11.3. The summed E-state index contributed by atoms with van der Waals surface area (Å²) in [5.74, 6) is 1.10. The average Bonchev–Trinajstić information content (AvgIpc) is 2.59. The van der Waals surface area contributed by atoms with Gasteiger partial charge < -0.3 is 4.74 Å². The second kappa shape index (κ2) is 3.44. The largest absolute Gasteiger partial charge is 0.375 e. The van der Waals surface area contributed by atoms with Gasteiger partial charge in [0.25, 0.3) is 0 Å². The maximum atomic E-state index is 12.0. The van der Waals surface area contributed by atoms with E-state index in [1.54, 1.807) is 12.2 Å². The molecule has 0 aromatic heterocycles. The Bertz CT molecular complexity index is 319. The van der Waals surface area contributed by atoms with Gasteiger partial charge in [0.15, 0.2) is 0 Å². The lowest BCUT2D eigenvalue weighted by Gasteiger charge is -2.49. The number of carbonyl (C=O) groups is 1. The molecule has 2 heterocycles. The van der Waals surface area contributed by atoms with Crippen molar-refractivity contribution in [3.05, 3.63) is 0 Å². The third-order valence-corrected chi connectivity index (χ3v) is 4.59. The van der Waals surface area contributed by atoms with E-state index in [0.717, 1.165) is 6.42 Å². The molecule has 0 aromatic carbocycles. The van der Waals surface area contributed by atoms with Gasteiger partial charge in [-0.1, -0.05) is 6.42 Å². The topological polar surface area (TPSA) is 38.8 Å². The maximum absolute atomic E-state index is 12.0. The first-order valence-corrected chi connectivity index (χ1v) is 6.15. The van der Waals surface area contributed by atoms with Crippen molar-refractivity contribution < 1.29 is 14.4 Å². The number of hydroxylamine groups is 2. The summed E-state index contributed by atoms with van der Waals surface area (Å²) in [6.45, 7) is 2.73. The zero-order valence-electron chi connectivity index (χ0n) is 9.94. The van der Waals surface area contributed by atoms with Gasteiger partial charge >= 0.3 is 0 Å². The highest BCUT2D eigenvalue weighted by Gasteiger charge is 2.59. The molecule has 90 valence electrons. The van der Waals surface area contributed by atoms with E-state index in [0.29, 0.717) is 31.0 Å². The predicted octanol–water partition coefficient (Wildman–Crippen LogP) is 1.35. The fraction of sp³-hybridized carbons (Fsp3) is 0.917. The predicted molar refractivity (Wildman–Crippen MR) is 57.4 cm³/mol. The van der Waals surface area contributed by atoms with Crippen molar-refractivity contribution >= 4 is 5.91 Å². The smallest absolute Gasteiger partial charge is 0.247 e. The minimum Gasteiger partial charge on any atom is -0.375 e. The molecule has 0 spiro atoms. The van der Waals surface area contributed by atoms with Crippen LogP contribution in [0.4, 0.5) is 0 Å². The summed E-state index contributed by atoms with van der Waals surface area (Å²) < 4.78 is 5.88. The fourth-order valence-electron chi connectivity index (χ4n) is 4.04. The molecular weight excluding hydrogens is 206 g/mol. The average molecular weight is 225 g/mol. The number of ether oxygens (including phenoxy) is 1. The van der Waals surface area contributed by atoms with Crippen LogP contribution in [0.2, 0.25) is 0 Å². The van der Waals surface area contributed by atoms with Crippen LogP contribution < -0.4 is 0 Å². The number of piperidine rings is 1. The molecule has 1 saturated carbocycles. The number of amides is 1. The SMILES string of the molecule is CON1C(=O)C[C@@H]2CCC[C@@H]3OC[C@@]1(C)[C@H]23. The Morgan fingerprint density at radius 2 is 2.31 bits per heavy atom. The molecule has 0 bridgehead atoms. The van der Waals surface area contributed by atoms with Crippen molar-refractivity contribution in [3.63, 3.8) is 0 Å². The second-order valence-corrected chi connectivity index (χ2v) is 5.50. The number of hydrogen-bond donors (Lipinski definition) is 0. The van der Waals surface area contributed by atoms with Crippen molar-refractivity contribution in [2.45, 2.75) is 44.2 Å². The van der Waals surface area contributed by atoms with Gasteiger partial charge in [0.05, 0.1) is 25.4 Å². The number of carbonyl (C=O) groups excluding carboxylic acids is 1. The van der Waals surface area contributed by atoms with Crippen LogP contribution in [-0.2, 0) is 14.4 Å². The van der Waals surface area contributed by atoms with E-state index in [2.05, 4.69) is 6.92 Å². The number of hydrogen-bond acceptors (Lipinski definition) is 3. The summed E-state index contributed by atoms with van der Waals surface area (Å²) in [5.41, 5.74) is -0.236. The Balaban J connectivity index is 1.98. The van der Waals surface area contributed by atoms with E-state index in [4.69, 9.17) is 9.57 Å². The van der Waals surface area contributed by atoms with Crippen molar-refractivity contribution in [2.24, 2.45) is 11.8 Å². The van der Waals surface area contributed by atoms with Crippen molar-refractivity contribution in [3.8, 4) is 0 Å². The molecule has 4 nitrogen and oxygen atoms in total. The molecule has 0 aromatic rings. The molecule has 2 aliphatic heterocycles. The molecule has 3 rings (SSSR count). The van der Waals surface area contributed by atoms with E-state index in [-0.39, 0.29) is 11.4 Å². The first kappa shape index (κ1) is 10.5. The summed E-state index contributed by atoms with van der Waals surface area (Å²) in [4.78, 5) is 17.3. The molecule has 0 N–H and O–H groups in total. The summed E-state index contributed by atoms with van der Waals surface area (Å²) in [5, 5.41) is 1.57. The molecule has 3 aliphatic rings. The highest BCUT2D eigenvalue weighted by molar-refractivity contribution is 5.77. The minimum absolute atomic E-state index is 0.123. The van der Waals surface area contributed by atoms with Gasteiger partial charge in [-0.15, -0.1) is 0 Å². The normalized spacial score (nSPS) is 47.0. The number of nitrogens with zero attached hydrogens (tertiary/aromatic N) is 1. The van der Waals surface area contributed by atoms with Crippen molar-refractivity contribution in [1.82, 2.24) is 5.06 Å². The van der Waals surface area contributed by atoms with Crippen LogP contribution in [-0.4, -0.2) is 36.3 Å². The van der Waals surface area contributed by atoms with E-state index < -0.39 is 0 Å². The standard InChI is InChI=1S/C12H19NO3/c1-12-7-16-9-5-3-4-8(11(9)12)6-10(14)13(12)15-2/h8-9,11H,3-7H2,1-2H3/t8-,9-,11+,12-/m0/s1. The molecule has 0 radical (unpaired) electrons. The maximum Gasteiger partial charge on any atom is 0.247 e. The zero-order valence-corrected chi connectivity index (χ0v) is 9.94. The van der Waals surface area contributed by atoms with Crippen LogP contribution in [0.1, 0.15) is 32.6 Å². The molecule has 0 unspecified atom stereocenters. The van der Waals surface area contributed by atoms with Crippen LogP contribution in [0.5, 0.6) is 0 Å². The molecule has 3 fully saturated rings. The van der Waals surface area contributed by atoms with Gasteiger partial charge in [0, 0.05) is 12.3 Å². The molecular formula is C12H19NO3. The van der Waals surface area contributed by atoms with Crippen LogP contribution >= 0.6 is 0 Å². The van der Waals surface area contributed by atoms with Gasteiger partial charge in [-0.05, 0) is 25.7 Å². The molecule has 1 amide bonds. The van der Waals surface area contributed by atoms with Crippen molar-refractivity contribution in [1.29, 1.82) is 0 Å². The van der Waals surface area contributed by atoms with Crippen molar-refractivity contribution in [2.75, 3.05) is 13.7 Å². The molecule has 16 heavy (non-hydrogen) atoms. The first-order valence-electron chi connectivity index (χ1n) is 6.15. The van der Waals surface area contributed by atoms with E-state index in [9.17, 15) is 4.79 Å². The van der Waals surface area contributed by atoms with Crippen LogP contribution in [0, 0.1) is 11.8 Å². The Kier molecular flexibility index (Phi) is 2.27. The quantitative estimate of drug-likeness (QED) is 0.676. The monoisotopic (exact) mass is 225 g/mol. The van der Waals surface area contributed by atoms with Crippen LogP contribution in [0.15, 0.2) is 0 Å². The first-order chi connectivity index (χ1) is 7.66. The van der Waals surface area contributed by atoms with E-state index in [1.165, 1.54) is 12.8 Å². The molecule has 2 saturated heterocycles. The highest BCUT2D eigenvalue weighted by Crippen LogP contribution is 2.51. The van der Waals surface area contributed by atoms with Gasteiger partial charge in [-0.3, -0.25) is 9.63 Å². The van der Waals surface area contributed by atoms with Crippen LogP contribution in [0.25, 0.3) is 0 Å². The molecule has 4 heteroatoms. The third-order valence-electron chi connectivity index (χ3n) is 4.59. The van der Waals surface area contributed by atoms with Gasteiger partial charge in [0.1, 0.15) is 0 Å². The lowest BCUT2D eigenvalue weighted by molar-refractivity contribution is -0.228. The Hall–Kier alpha value is -0.610. The van der Waals surface area contributed by atoms with Crippen LogP contribution in [0.3, 0.4) is 0 Å². The molecule has 1 aliphatic carbocycles. The van der Waals surface area contributed by atoms with E-state index >= 15 is 0 Å². The molecule has 4 atom stereocenters. The minimum atomic E-state index is -0.236. The Labute approximate surface area is 95.8 Å². The summed E-state index contributed by atoms with van der Waals surface area (Å²) in [6, 6.07) is 0. The van der Waals surface area contributed by atoms with E-state index in [1.807, 2.05) is 0 Å². The summed E-state index contributed by atoms with van der Waals surface area (Å²) in [6.07, 6.45) is 4.48. The van der Waals surface area contributed by atoms with Gasteiger partial charge in [-0.25, -0.2) is 5.06 Å². The third kappa shape index (κ3) is 1.20. The highest BCUT2D eigenvalue weighted by atomic mass is 16.7. The number of rotatable bonds is 1. The lowest BCUT2D eigenvalue weighted by Crippen LogP contribution is -2.61. The Morgan fingerprint density at radius 1 is 1.50 bits per heavy atom.